The molecule has 0 aliphatic heterocycles. The third-order valence-corrected chi connectivity index (χ3v) is 8.58. The Bertz CT molecular complexity index is 1640. The van der Waals surface area contributed by atoms with Crippen molar-refractivity contribution in [3.63, 3.8) is 0 Å². The number of hydrogen-bond donors (Lipinski definition) is 7. The fourth-order valence-corrected chi connectivity index (χ4v) is 5.40. The highest BCUT2D eigenvalue weighted by molar-refractivity contribution is 7.99. The van der Waals surface area contributed by atoms with Crippen molar-refractivity contribution in [2.24, 2.45) is 5.73 Å². The summed E-state index contributed by atoms with van der Waals surface area (Å²) < 4.78 is 0. The van der Waals surface area contributed by atoms with Gasteiger partial charge in [-0.25, -0.2) is 9.59 Å². The second-order valence-electron chi connectivity index (χ2n) is 9.76. The highest BCUT2D eigenvalue weighted by Crippen LogP contribution is 2.22. The molecule has 0 radical (unpaired) electrons. The number of carboxylic acids is 3. The number of nitrogens with two attached hydrogens (primary N) is 1. The molecule has 0 aliphatic rings. The summed E-state index contributed by atoms with van der Waals surface area (Å²) in [5.41, 5.74) is 6.58. The van der Waals surface area contributed by atoms with Crippen molar-refractivity contribution in [1.29, 1.82) is 0 Å². The largest absolute Gasteiger partial charge is 0.508 e. The molecule has 248 valence electrons. The number of amides is 1. The Kier molecular flexibility index (Phi) is 15.9. The van der Waals surface area contributed by atoms with Crippen molar-refractivity contribution in [2.45, 2.75) is 35.7 Å². The number of benzene rings is 4. The van der Waals surface area contributed by atoms with Gasteiger partial charge in [0.05, 0.1) is 5.56 Å². The van der Waals surface area contributed by atoms with Gasteiger partial charge in [0.15, 0.2) is 0 Å². The summed E-state index contributed by atoms with van der Waals surface area (Å²) >= 11 is 2.81. The molecule has 0 bridgehead atoms. The van der Waals surface area contributed by atoms with Gasteiger partial charge in [0.1, 0.15) is 23.6 Å². The number of aromatic hydroxyl groups is 2. The van der Waals surface area contributed by atoms with E-state index in [1.54, 1.807) is 26.0 Å². The lowest BCUT2D eigenvalue weighted by Gasteiger charge is -2.15. The fraction of sp³-hybridized carbons (Fsp3) is 0.176. The summed E-state index contributed by atoms with van der Waals surface area (Å²) in [5.74, 6) is -2.95. The van der Waals surface area contributed by atoms with E-state index in [-0.39, 0.29) is 28.4 Å². The molecule has 13 heteroatoms. The maximum absolute atomic E-state index is 12.2. The standard InChI is InChI=1S/C17H17NO4S.C9H11NO2S.C8H8O3/c1-11-13(8-5-9-15(11)19)16(20)18-14(17(21)22)10-23-12-6-3-2-4-7-12;10-8(9(11)12)6-13-7-4-2-1-3-5-7;1-5-6(8(10)11)3-2-4-7(5)9/h2-9,14,19H,10H2,1H3,(H,18,20)(H,21,22);1-5,8H,6,10H2,(H,11,12);2-4,9H,1H3,(H,10,11)/t14-;8-;/m01./s1. The first kappa shape index (κ1) is 38.2. The molecule has 4 aromatic rings. The van der Waals surface area contributed by atoms with Crippen LogP contribution >= 0.6 is 23.5 Å². The predicted octanol–water partition coefficient (Wildman–Crippen LogP) is 5.27. The van der Waals surface area contributed by atoms with Crippen LogP contribution in [0.25, 0.3) is 0 Å². The number of hydrogen-bond acceptors (Lipinski definition) is 9. The van der Waals surface area contributed by atoms with E-state index in [1.807, 2.05) is 60.7 Å². The van der Waals surface area contributed by atoms with Gasteiger partial charge in [-0.2, -0.15) is 0 Å². The Labute approximate surface area is 280 Å². The molecule has 0 aliphatic carbocycles. The molecule has 11 nitrogen and oxygen atoms in total. The van der Waals surface area contributed by atoms with Crippen molar-refractivity contribution >= 4 is 47.3 Å². The molecular formula is C34H36N2O9S2. The smallest absolute Gasteiger partial charge is 0.336 e. The lowest BCUT2D eigenvalue weighted by Crippen LogP contribution is -2.42. The van der Waals surface area contributed by atoms with Gasteiger partial charge in [-0.1, -0.05) is 48.5 Å². The van der Waals surface area contributed by atoms with Gasteiger partial charge in [0.25, 0.3) is 5.91 Å². The SMILES string of the molecule is Cc1c(O)cccc1C(=O)N[C@@H](CSc1ccccc1)C(=O)O.Cc1c(O)cccc1C(=O)O.N[C@H](CSc1ccccc1)C(=O)O. The number of aromatic carboxylic acids is 1. The minimum absolute atomic E-state index is 0.00295. The molecule has 8 N–H and O–H groups in total. The molecule has 0 unspecified atom stereocenters. The molecular weight excluding hydrogens is 645 g/mol. The van der Waals surface area contributed by atoms with Crippen LogP contribution in [0.4, 0.5) is 0 Å². The average Bonchev–Trinajstić information content (AvgIpc) is 3.05. The van der Waals surface area contributed by atoms with Gasteiger partial charge in [0.2, 0.25) is 0 Å². The molecule has 0 spiro atoms. The zero-order valence-electron chi connectivity index (χ0n) is 25.6. The summed E-state index contributed by atoms with van der Waals surface area (Å²) in [6.45, 7) is 3.18. The van der Waals surface area contributed by atoms with Crippen molar-refractivity contribution in [3.8, 4) is 11.5 Å². The van der Waals surface area contributed by atoms with Gasteiger partial charge < -0.3 is 36.6 Å². The summed E-state index contributed by atoms with van der Waals surface area (Å²) in [5, 5.41) is 47.6. The van der Waals surface area contributed by atoms with Gasteiger partial charge in [-0.05, 0) is 62.4 Å². The second-order valence-corrected chi connectivity index (χ2v) is 11.9. The van der Waals surface area contributed by atoms with E-state index in [1.165, 1.54) is 47.8 Å². The lowest BCUT2D eigenvalue weighted by molar-refractivity contribution is -0.139. The predicted molar refractivity (Wildman–Crippen MR) is 181 cm³/mol. The zero-order valence-corrected chi connectivity index (χ0v) is 27.2. The molecule has 4 rings (SSSR count). The van der Waals surface area contributed by atoms with Gasteiger partial charge in [-0.15, -0.1) is 23.5 Å². The fourth-order valence-electron chi connectivity index (χ4n) is 3.61. The van der Waals surface area contributed by atoms with Gasteiger partial charge in [-0.3, -0.25) is 9.59 Å². The van der Waals surface area contributed by atoms with E-state index in [4.69, 9.17) is 21.1 Å². The molecule has 0 heterocycles. The number of carbonyl (C=O) groups is 4. The first-order valence-electron chi connectivity index (χ1n) is 14.0. The number of thioether (sulfide) groups is 2. The third-order valence-electron chi connectivity index (χ3n) is 6.34. The van der Waals surface area contributed by atoms with E-state index >= 15 is 0 Å². The summed E-state index contributed by atoms with van der Waals surface area (Å²) in [6, 6.07) is 26.2. The third kappa shape index (κ3) is 13.1. The number of nitrogens with one attached hydrogen (secondary N) is 1. The molecule has 0 saturated carbocycles. The second kappa shape index (κ2) is 19.5. The molecule has 4 aromatic carbocycles. The molecule has 0 aromatic heterocycles. The summed E-state index contributed by atoms with van der Waals surface area (Å²) in [7, 11) is 0. The molecule has 0 fully saturated rings. The van der Waals surface area contributed by atoms with Crippen LogP contribution in [-0.4, -0.2) is 72.9 Å². The van der Waals surface area contributed by atoms with Crippen LogP contribution in [0.5, 0.6) is 11.5 Å². The van der Waals surface area contributed by atoms with Gasteiger partial charge >= 0.3 is 17.9 Å². The highest BCUT2D eigenvalue weighted by atomic mass is 32.2. The van der Waals surface area contributed by atoms with Crippen LogP contribution in [0.1, 0.15) is 31.8 Å². The maximum Gasteiger partial charge on any atom is 0.336 e. The normalized spacial score (nSPS) is 11.4. The van der Waals surface area contributed by atoms with E-state index in [0.717, 1.165) is 9.79 Å². The Morgan fingerprint density at radius 3 is 1.51 bits per heavy atom. The van der Waals surface area contributed by atoms with Crippen LogP contribution in [0.15, 0.2) is 107 Å². The molecule has 47 heavy (non-hydrogen) atoms. The average molecular weight is 681 g/mol. The van der Waals surface area contributed by atoms with Crippen molar-refractivity contribution in [2.75, 3.05) is 11.5 Å². The van der Waals surface area contributed by atoms with Gasteiger partial charge in [0, 0.05) is 38.0 Å². The van der Waals surface area contributed by atoms with Crippen molar-refractivity contribution in [3.05, 3.63) is 119 Å². The molecule has 0 saturated heterocycles. The topological polar surface area (TPSA) is 207 Å². The molecule has 2 atom stereocenters. The highest BCUT2D eigenvalue weighted by Gasteiger charge is 2.22. The summed E-state index contributed by atoms with van der Waals surface area (Å²) in [4.78, 5) is 46.4. The van der Waals surface area contributed by atoms with E-state index in [9.17, 15) is 29.4 Å². The minimum Gasteiger partial charge on any atom is -0.508 e. The zero-order chi connectivity index (χ0) is 34.9. The van der Waals surface area contributed by atoms with Crippen LogP contribution in [0, 0.1) is 13.8 Å². The first-order valence-corrected chi connectivity index (χ1v) is 16.0. The Balaban J connectivity index is 0.000000270. The number of aliphatic carboxylic acids is 2. The van der Waals surface area contributed by atoms with Crippen LogP contribution < -0.4 is 11.1 Å². The van der Waals surface area contributed by atoms with Crippen LogP contribution in [0.3, 0.4) is 0 Å². The monoisotopic (exact) mass is 680 g/mol. The number of phenols is 2. The van der Waals surface area contributed by atoms with E-state index in [0.29, 0.717) is 16.9 Å². The summed E-state index contributed by atoms with van der Waals surface area (Å²) in [6.07, 6.45) is 0. The lowest BCUT2D eigenvalue weighted by atomic mass is 10.1. The molecule has 1 amide bonds. The first-order chi connectivity index (χ1) is 22.3. The quantitative estimate of drug-likeness (QED) is 0.101. The Morgan fingerprint density at radius 1 is 0.638 bits per heavy atom. The van der Waals surface area contributed by atoms with E-state index < -0.39 is 35.9 Å². The minimum atomic E-state index is -1.10. The van der Waals surface area contributed by atoms with E-state index in [2.05, 4.69) is 5.32 Å². The Hall–Kier alpha value is -4.98. The number of carbonyl (C=O) groups excluding carboxylic acids is 1. The number of carboxylic acid groups (broad SMARTS) is 3. The number of phenolic OH excluding ortho intramolecular Hbond substituents is 2. The number of rotatable bonds is 11. The van der Waals surface area contributed by atoms with Crippen LogP contribution in [-0.2, 0) is 9.59 Å². The van der Waals surface area contributed by atoms with Crippen LogP contribution in [0.2, 0.25) is 0 Å². The Morgan fingerprint density at radius 2 is 1.09 bits per heavy atom. The maximum atomic E-state index is 12.2. The van der Waals surface area contributed by atoms with Crippen molar-refractivity contribution in [1.82, 2.24) is 5.32 Å². The van der Waals surface area contributed by atoms with Crippen molar-refractivity contribution < 1.29 is 44.7 Å².